The molecule has 1 saturated heterocycles. The maximum atomic E-state index is 12.8. The van der Waals surface area contributed by atoms with Crippen LogP contribution >= 0.6 is 0 Å². The molecule has 0 atom stereocenters. The van der Waals surface area contributed by atoms with E-state index in [1.807, 2.05) is 35.4 Å². The van der Waals surface area contributed by atoms with Crippen LogP contribution in [0.5, 0.6) is 0 Å². The molecule has 24 heavy (non-hydrogen) atoms. The van der Waals surface area contributed by atoms with Crippen molar-refractivity contribution in [3.05, 3.63) is 71.4 Å². The molecule has 1 aromatic heterocycles. The standard InChI is InChI=1S/C21H22N2O/c1-15-3-2-4-18(13-15)16-8-11-23(12-9-16)21(24)19-6-5-17-7-10-22-20(17)14-19/h2-7,10,13-14,16,22H,8-9,11-12H2,1H3. The second-order valence-corrected chi connectivity index (χ2v) is 6.76. The van der Waals surface area contributed by atoms with Crippen molar-refractivity contribution in [2.45, 2.75) is 25.7 Å². The number of nitrogens with one attached hydrogen (secondary N) is 1. The van der Waals surface area contributed by atoms with Crippen LogP contribution in [0.3, 0.4) is 0 Å². The van der Waals surface area contributed by atoms with Crippen molar-refractivity contribution in [2.75, 3.05) is 13.1 Å². The fraction of sp³-hybridized carbons (Fsp3) is 0.286. The number of rotatable bonds is 2. The van der Waals surface area contributed by atoms with Crippen molar-refractivity contribution in [3.63, 3.8) is 0 Å². The van der Waals surface area contributed by atoms with Crippen LogP contribution in [0.2, 0.25) is 0 Å². The van der Waals surface area contributed by atoms with Gasteiger partial charge in [0.05, 0.1) is 0 Å². The number of aromatic amines is 1. The summed E-state index contributed by atoms with van der Waals surface area (Å²) >= 11 is 0. The van der Waals surface area contributed by atoms with Gasteiger partial charge in [0.1, 0.15) is 0 Å². The zero-order valence-electron chi connectivity index (χ0n) is 14.0. The van der Waals surface area contributed by atoms with Crippen LogP contribution in [0.1, 0.15) is 40.2 Å². The average Bonchev–Trinajstić information content (AvgIpc) is 3.09. The fourth-order valence-electron chi connectivity index (χ4n) is 3.70. The number of piperidine rings is 1. The largest absolute Gasteiger partial charge is 0.361 e. The van der Waals surface area contributed by atoms with E-state index >= 15 is 0 Å². The lowest BCUT2D eigenvalue weighted by Crippen LogP contribution is -2.37. The van der Waals surface area contributed by atoms with E-state index in [1.165, 1.54) is 11.1 Å². The number of nitrogens with zero attached hydrogens (tertiary/aromatic N) is 1. The first-order valence-electron chi connectivity index (χ1n) is 8.64. The highest BCUT2D eigenvalue weighted by atomic mass is 16.2. The molecule has 2 heterocycles. The van der Waals surface area contributed by atoms with Crippen molar-refractivity contribution < 1.29 is 4.79 Å². The van der Waals surface area contributed by atoms with Crippen LogP contribution in [0, 0.1) is 6.92 Å². The van der Waals surface area contributed by atoms with E-state index in [-0.39, 0.29) is 5.91 Å². The first-order valence-corrected chi connectivity index (χ1v) is 8.64. The van der Waals surface area contributed by atoms with E-state index in [0.29, 0.717) is 5.92 Å². The molecule has 0 unspecified atom stereocenters. The zero-order chi connectivity index (χ0) is 16.5. The van der Waals surface area contributed by atoms with Gasteiger partial charge in [0.2, 0.25) is 0 Å². The van der Waals surface area contributed by atoms with E-state index in [0.717, 1.165) is 42.4 Å². The normalized spacial score (nSPS) is 15.8. The predicted octanol–water partition coefficient (Wildman–Crippen LogP) is 4.50. The third-order valence-corrected chi connectivity index (χ3v) is 5.10. The van der Waals surface area contributed by atoms with Gasteiger partial charge < -0.3 is 9.88 Å². The molecule has 2 aromatic carbocycles. The first kappa shape index (κ1) is 15.0. The van der Waals surface area contributed by atoms with Gasteiger partial charge in [-0.1, -0.05) is 35.9 Å². The molecule has 3 heteroatoms. The third-order valence-electron chi connectivity index (χ3n) is 5.10. The Morgan fingerprint density at radius 2 is 1.92 bits per heavy atom. The lowest BCUT2D eigenvalue weighted by molar-refractivity contribution is 0.0713. The summed E-state index contributed by atoms with van der Waals surface area (Å²) in [6.45, 7) is 3.80. The number of H-pyrrole nitrogens is 1. The van der Waals surface area contributed by atoms with Gasteiger partial charge in [-0.2, -0.15) is 0 Å². The summed E-state index contributed by atoms with van der Waals surface area (Å²) in [5, 5.41) is 1.14. The second-order valence-electron chi connectivity index (χ2n) is 6.76. The second kappa shape index (κ2) is 6.16. The predicted molar refractivity (Wildman–Crippen MR) is 97.4 cm³/mol. The van der Waals surface area contributed by atoms with Crippen molar-refractivity contribution in [3.8, 4) is 0 Å². The van der Waals surface area contributed by atoms with Crippen LogP contribution in [0.15, 0.2) is 54.7 Å². The molecule has 1 aliphatic heterocycles. The SMILES string of the molecule is Cc1cccc(C2CCN(C(=O)c3ccc4cc[nH]c4c3)CC2)c1. The number of aromatic nitrogens is 1. The summed E-state index contributed by atoms with van der Waals surface area (Å²) in [4.78, 5) is 18.0. The minimum absolute atomic E-state index is 0.147. The monoisotopic (exact) mass is 318 g/mol. The van der Waals surface area contributed by atoms with Gasteiger partial charge in [-0.3, -0.25) is 4.79 Å². The summed E-state index contributed by atoms with van der Waals surface area (Å²) in [5.74, 6) is 0.717. The van der Waals surface area contributed by atoms with Crippen molar-refractivity contribution >= 4 is 16.8 Å². The molecule has 3 nitrogen and oxygen atoms in total. The van der Waals surface area contributed by atoms with Crippen molar-refractivity contribution in [1.82, 2.24) is 9.88 Å². The topological polar surface area (TPSA) is 36.1 Å². The number of aryl methyl sites for hydroxylation is 1. The Hall–Kier alpha value is -2.55. The van der Waals surface area contributed by atoms with E-state index in [2.05, 4.69) is 36.2 Å². The van der Waals surface area contributed by atoms with Crippen LogP contribution in [0.25, 0.3) is 10.9 Å². The van der Waals surface area contributed by atoms with Crippen molar-refractivity contribution in [1.29, 1.82) is 0 Å². The Labute approximate surface area is 142 Å². The van der Waals surface area contributed by atoms with E-state index in [9.17, 15) is 4.79 Å². The van der Waals surface area contributed by atoms with Gasteiger partial charge in [-0.05, 0) is 54.8 Å². The number of hydrogen-bond donors (Lipinski definition) is 1. The number of fused-ring (bicyclic) bond motifs is 1. The molecule has 0 bridgehead atoms. The number of hydrogen-bond acceptors (Lipinski definition) is 1. The van der Waals surface area contributed by atoms with Gasteiger partial charge >= 0.3 is 0 Å². The summed E-state index contributed by atoms with van der Waals surface area (Å²) in [7, 11) is 0. The number of carbonyl (C=O) groups excluding carboxylic acids is 1. The minimum Gasteiger partial charge on any atom is -0.361 e. The Kier molecular flexibility index (Phi) is 3.85. The average molecular weight is 318 g/mol. The fourth-order valence-corrected chi connectivity index (χ4v) is 3.70. The van der Waals surface area contributed by atoms with Gasteiger partial charge in [-0.15, -0.1) is 0 Å². The summed E-state index contributed by atoms with van der Waals surface area (Å²) in [5.41, 5.74) is 4.52. The summed E-state index contributed by atoms with van der Waals surface area (Å²) < 4.78 is 0. The highest BCUT2D eigenvalue weighted by molar-refractivity contribution is 5.98. The Morgan fingerprint density at radius 3 is 2.71 bits per heavy atom. The minimum atomic E-state index is 0.147. The van der Waals surface area contributed by atoms with Crippen LogP contribution < -0.4 is 0 Å². The Balaban J connectivity index is 1.46. The molecule has 0 aliphatic carbocycles. The molecule has 1 fully saturated rings. The number of amides is 1. The van der Waals surface area contributed by atoms with Crippen LogP contribution in [-0.4, -0.2) is 28.9 Å². The first-order chi connectivity index (χ1) is 11.7. The van der Waals surface area contributed by atoms with E-state index in [4.69, 9.17) is 0 Å². The summed E-state index contributed by atoms with van der Waals surface area (Å²) in [6.07, 6.45) is 3.99. The molecule has 1 amide bonds. The third kappa shape index (κ3) is 2.82. The highest BCUT2D eigenvalue weighted by Gasteiger charge is 2.24. The number of benzene rings is 2. The lowest BCUT2D eigenvalue weighted by atomic mass is 9.88. The smallest absolute Gasteiger partial charge is 0.253 e. The van der Waals surface area contributed by atoms with Gasteiger partial charge in [0.25, 0.3) is 5.91 Å². The van der Waals surface area contributed by atoms with E-state index < -0.39 is 0 Å². The maximum absolute atomic E-state index is 12.8. The molecule has 122 valence electrons. The summed E-state index contributed by atoms with van der Waals surface area (Å²) in [6, 6.07) is 16.7. The molecule has 1 aliphatic rings. The molecule has 4 rings (SSSR count). The van der Waals surface area contributed by atoms with Gasteiger partial charge in [-0.25, -0.2) is 0 Å². The molecule has 1 N–H and O–H groups in total. The molecular formula is C21H22N2O. The van der Waals surface area contributed by atoms with Gasteiger partial charge in [0, 0.05) is 30.4 Å². The Morgan fingerprint density at radius 1 is 1.08 bits per heavy atom. The lowest BCUT2D eigenvalue weighted by Gasteiger charge is -2.32. The van der Waals surface area contributed by atoms with Crippen molar-refractivity contribution in [2.24, 2.45) is 0 Å². The molecule has 0 spiro atoms. The maximum Gasteiger partial charge on any atom is 0.253 e. The Bertz CT molecular complexity index is 872. The quantitative estimate of drug-likeness (QED) is 0.742. The molecule has 0 radical (unpaired) electrons. The molecular weight excluding hydrogens is 296 g/mol. The highest BCUT2D eigenvalue weighted by Crippen LogP contribution is 2.29. The zero-order valence-corrected chi connectivity index (χ0v) is 14.0. The molecule has 0 saturated carbocycles. The number of likely N-dealkylation sites (tertiary alicyclic amines) is 1. The van der Waals surface area contributed by atoms with Crippen LogP contribution in [0.4, 0.5) is 0 Å². The van der Waals surface area contributed by atoms with Gasteiger partial charge in [0.15, 0.2) is 0 Å². The molecule has 3 aromatic rings. The van der Waals surface area contributed by atoms with Crippen LogP contribution in [-0.2, 0) is 0 Å². The van der Waals surface area contributed by atoms with E-state index in [1.54, 1.807) is 0 Å². The number of carbonyl (C=O) groups is 1.